The van der Waals surface area contributed by atoms with Gasteiger partial charge in [0.15, 0.2) is 0 Å². The first-order valence-electron chi connectivity index (χ1n) is 12.3. The Bertz CT molecular complexity index is 1140. The van der Waals surface area contributed by atoms with Crippen LogP contribution >= 0.6 is 23.2 Å². The fourth-order valence-electron chi connectivity index (χ4n) is 4.70. The summed E-state index contributed by atoms with van der Waals surface area (Å²) in [4.78, 5) is 6.45. The molecule has 192 valence electrons. The minimum absolute atomic E-state index is 0.247. The van der Waals surface area contributed by atoms with Gasteiger partial charge in [-0.15, -0.1) is 0 Å². The molecule has 2 atom stereocenters. The number of nitrogens with zero attached hydrogens (tertiary/aromatic N) is 5. The van der Waals surface area contributed by atoms with Gasteiger partial charge in [0.05, 0.1) is 24.0 Å². The van der Waals surface area contributed by atoms with Gasteiger partial charge < -0.3 is 19.1 Å². The van der Waals surface area contributed by atoms with Gasteiger partial charge >= 0.3 is 0 Å². The standard InChI is InChI=1S/C26H31Cl2N5O3/c1-19(2)31-11-13-32(14-12-31)21-4-6-22(7-5-21)34-16-23-17-35-26(36-23,18-33-29-9-10-30-33)24-8-3-20(27)15-25(24)28/h3-10,15,19,23H,11-14,16-18H2,1-2H3/t23-,26?/m0/s1. The second kappa shape index (κ2) is 10.9. The number of aromatic nitrogens is 3. The van der Waals surface area contributed by atoms with Gasteiger partial charge in [0.1, 0.15) is 25.0 Å². The van der Waals surface area contributed by atoms with Crippen molar-refractivity contribution < 1.29 is 14.2 Å². The van der Waals surface area contributed by atoms with Crippen LogP contribution in [0.2, 0.25) is 10.0 Å². The summed E-state index contributed by atoms with van der Waals surface area (Å²) in [7, 11) is 0. The molecule has 0 saturated carbocycles. The number of halogens is 2. The summed E-state index contributed by atoms with van der Waals surface area (Å²) < 4.78 is 18.7. The number of hydrogen-bond donors (Lipinski definition) is 0. The Balaban J connectivity index is 1.21. The molecule has 3 aromatic rings. The number of hydrogen-bond acceptors (Lipinski definition) is 7. The Labute approximate surface area is 221 Å². The molecule has 2 aliphatic heterocycles. The van der Waals surface area contributed by atoms with E-state index in [0.717, 1.165) is 31.9 Å². The first kappa shape index (κ1) is 25.3. The maximum absolute atomic E-state index is 6.53. The van der Waals surface area contributed by atoms with Crippen molar-refractivity contribution in [2.45, 2.75) is 38.3 Å². The molecule has 2 fully saturated rings. The summed E-state index contributed by atoms with van der Waals surface area (Å²) in [6.45, 7) is 9.68. The molecular formula is C26H31Cl2N5O3. The minimum Gasteiger partial charge on any atom is -0.491 e. The lowest BCUT2D eigenvalue weighted by molar-refractivity contribution is -0.192. The first-order valence-corrected chi connectivity index (χ1v) is 13.0. The third-order valence-corrected chi connectivity index (χ3v) is 7.25. The van der Waals surface area contributed by atoms with Crippen LogP contribution in [0.25, 0.3) is 0 Å². The molecule has 10 heteroatoms. The van der Waals surface area contributed by atoms with Crippen molar-refractivity contribution in [1.29, 1.82) is 0 Å². The zero-order chi connectivity index (χ0) is 25.1. The van der Waals surface area contributed by atoms with Crippen LogP contribution in [0.3, 0.4) is 0 Å². The number of ether oxygens (including phenoxy) is 3. The third kappa shape index (κ3) is 5.63. The Kier molecular flexibility index (Phi) is 7.69. The third-order valence-electron chi connectivity index (χ3n) is 6.70. The van der Waals surface area contributed by atoms with Gasteiger partial charge in [0.25, 0.3) is 0 Å². The van der Waals surface area contributed by atoms with Crippen LogP contribution in [-0.4, -0.2) is 71.4 Å². The predicted molar refractivity (Wildman–Crippen MR) is 140 cm³/mol. The van der Waals surface area contributed by atoms with Gasteiger partial charge in [-0.25, -0.2) is 0 Å². The molecule has 2 aliphatic rings. The molecule has 8 nitrogen and oxygen atoms in total. The highest BCUT2D eigenvalue weighted by atomic mass is 35.5. The van der Waals surface area contributed by atoms with E-state index in [1.165, 1.54) is 10.5 Å². The van der Waals surface area contributed by atoms with E-state index < -0.39 is 5.79 Å². The van der Waals surface area contributed by atoms with E-state index >= 15 is 0 Å². The van der Waals surface area contributed by atoms with Crippen LogP contribution in [0.15, 0.2) is 54.9 Å². The molecule has 0 radical (unpaired) electrons. The van der Waals surface area contributed by atoms with Crippen LogP contribution in [0.1, 0.15) is 19.4 Å². The molecule has 1 aromatic heterocycles. The molecule has 0 spiro atoms. The maximum Gasteiger partial charge on any atom is 0.219 e. The Morgan fingerprint density at radius 3 is 2.42 bits per heavy atom. The fraction of sp³-hybridized carbons (Fsp3) is 0.462. The van der Waals surface area contributed by atoms with Crippen molar-refractivity contribution in [2.24, 2.45) is 0 Å². The number of piperazine rings is 1. The summed E-state index contributed by atoms with van der Waals surface area (Å²) in [5, 5.41) is 9.43. The highest BCUT2D eigenvalue weighted by Gasteiger charge is 2.46. The normalized spacial score (nSPS) is 22.9. The van der Waals surface area contributed by atoms with Gasteiger partial charge in [-0.05, 0) is 50.2 Å². The van der Waals surface area contributed by atoms with E-state index in [-0.39, 0.29) is 12.6 Å². The van der Waals surface area contributed by atoms with E-state index in [0.29, 0.717) is 34.9 Å². The van der Waals surface area contributed by atoms with Crippen molar-refractivity contribution in [3.63, 3.8) is 0 Å². The van der Waals surface area contributed by atoms with Gasteiger partial charge in [-0.3, -0.25) is 4.90 Å². The summed E-state index contributed by atoms with van der Waals surface area (Å²) in [5.41, 5.74) is 1.89. The quantitative estimate of drug-likeness (QED) is 0.425. The molecule has 0 bridgehead atoms. The molecule has 36 heavy (non-hydrogen) atoms. The van der Waals surface area contributed by atoms with Gasteiger partial charge in [-0.2, -0.15) is 15.0 Å². The molecule has 0 aliphatic carbocycles. The molecular weight excluding hydrogens is 501 g/mol. The topological polar surface area (TPSA) is 64.9 Å². The van der Waals surface area contributed by atoms with Crippen LogP contribution in [0, 0.1) is 0 Å². The number of benzene rings is 2. The van der Waals surface area contributed by atoms with Crippen LogP contribution in [0.5, 0.6) is 5.75 Å². The summed E-state index contributed by atoms with van der Waals surface area (Å²) >= 11 is 12.6. The first-order chi connectivity index (χ1) is 17.4. The minimum atomic E-state index is -1.14. The second-order valence-electron chi connectivity index (χ2n) is 9.41. The molecule has 3 heterocycles. The molecule has 0 amide bonds. The average Bonchev–Trinajstić information content (AvgIpc) is 3.54. The van der Waals surface area contributed by atoms with Gasteiger partial charge in [-0.1, -0.05) is 29.3 Å². The average molecular weight is 532 g/mol. The lowest BCUT2D eigenvalue weighted by atomic mass is 10.1. The highest BCUT2D eigenvalue weighted by molar-refractivity contribution is 6.35. The molecule has 1 unspecified atom stereocenters. The van der Waals surface area contributed by atoms with Crippen molar-refractivity contribution >= 4 is 28.9 Å². The lowest BCUT2D eigenvalue weighted by Crippen LogP contribution is -2.48. The monoisotopic (exact) mass is 531 g/mol. The van der Waals surface area contributed by atoms with Gasteiger partial charge in [0, 0.05) is 48.5 Å². The summed E-state index contributed by atoms with van der Waals surface area (Å²) in [5.74, 6) is -0.351. The summed E-state index contributed by atoms with van der Waals surface area (Å²) in [6, 6.07) is 14.1. The van der Waals surface area contributed by atoms with Crippen molar-refractivity contribution in [1.82, 2.24) is 19.9 Å². The molecule has 5 rings (SSSR count). The fourth-order valence-corrected chi connectivity index (χ4v) is 5.26. The van der Waals surface area contributed by atoms with E-state index in [1.54, 1.807) is 24.5 Å². The van der Waals surface area contributed by atoms with E-state index in [4.69, 9.17) is 37.4 Å². The van der Waals surface area contributed by atoms with Crippen molar-refractivity contribution in [3.8, 4) is 5.75 Å². The number of anilines is 1. The highest BCUT2D eigenvalue weighted by Crippen LogP contribution is 2.40. The second-order valence-corrected chi connectivity index (χ2v) is 10.3. The Morgan fingerprint density at radius 1 is 1.03 bits per heavy atom. The lowest BCUT2D eigenvalue weighted by Gasteiger charge is -2.38. The van der Waals surface area contributed by atoms with Crippen LogP contribution < -0.4 is 9.64 Å². The molecule has 2 saturated heterocycles. The summed E-state index contributed by atoms with van der Waals surface area (Å²) in [6.07, 6.45) is 2.93. The Hall–Kier alpha value is -2.36. The van der Waals surface area contributed by atoms with E-state index in [9.17, 15) is 0 Å². The van der Waals surface area contributed by atoms with E-state index in [2.05, 4.69) is 46.0 Å². The van der Waals surface area contributed by atoms with Crippen LogP contribution in [-0.2, 0) is 21.8 Å². The Morgan fingerprint density at radius 2 is 1.75 bits per heavy atom. The largest absolute Gasteiger partial charge is 0.491 e. The van der Waals surface area contributed by atoms with Crippen molar-refractivity contribution in [2.75, 3.05) is 44.3 Å². The van der Waals surface area contributed by atoms with Crippen LogP contribution in [0.4, 0.5) is 5.69 Å². The number of rotatable bonds is 8. The smallest absolute Gasteiger partial charge is 0.219 e. The maximum atomic E-state index is 6.53. The zero-order valence-electron chi connectivity index (χ0n) is 20.5. The van der Waals surface area contributed by atoms with E-state index in [1.807, 2.05) is 18.2 Å². The molecule has 0 N–H and O–H groups in total. The van der Waals surface area contributed by atoms with Crippen molar-refractivity contribution in [3.05, 3.63) is 70.5 Å². The predicted octanol–water partition coefficient (Wildman–Crippen LogP) is 4.46. The van der Waals surface area contributed by atoms with Gasteiger partial charge in [0.2, 0.25) is 5.79 Å². The SMILES string of the molecule is CC(C)N1CCN(c2ccc(OC[C@H]3COC(Cn4nccn4)(c4ccc(Cl)cc4Cl)O3)cc2)CC1. The zero-order valence-corrected chi connectivity index (χ0v) is 22.0. The molecule has 2 aromatic carbocycles.